The summed E-state index contributed by atoms with van der Waals surface area (Å²) in [6.07, 6.45) is 1.61. The molecule has 0 aliphatic carbocycles. The molecule has 4 aromatic rings. The van der Waals surface area contributed by atoms with E-state index in [4.69, 9.17) is 4.42 Å². The van der Waals surface area contributed by atoms with Gasteiger partial charge in [-0.25, -0.2) is 0 Å². The Morgan fingerprint density at radius 3 is 2.47 bits per heavy atom. The summed E-state index contributed by atoms with van der Waals surface area (Å²) in [7, 11) is 0. The number of carbonyl (C=O) groups is 1. The number of furan rings is 1. The molecule has 152 valence electrons. The summed E-state index contributed by atoms with van der Waals surface area (Å²) in [6.45, 7) is 4.56. The highest BCUT2D eigenvalue weighted by molar-refractivity contribution is 7.99. The summed E-state index contributed by atoms with van der Waals surface area (Å²) in [5, 5.41) is 12.3. The molecule has 0 saturated carbocycles. The van der Waals surface area contributed by atoms with Crippen LogP contribution in [0.2, 0.25) is 0 Å². The van der Waals surface area contributed by atoms with Gasteiger partial charge in [0.15, 0.2) is 10.9 Å². The third-order valence-corrected chi connectivity index (χ3v) is 5.69. The van der Waals surface area contributed by atoms with Crippen LogP contribution >= 0.6 is 11.8 Å². The Balaban J connectivity index is 1.53. The summed E-state index contributed by atoms with van der Waals surface area (Å²) < 4.78 is 7.51. The van der Waals surface area contributed by atoms with Gasteiger partial charge in [-0.3, -0.25) is 9.36 Å². The van der Waals surface area contributed by atoms with Crippen LogP contribution in [0.5, 0.6) is 0 Å². The lowest BCUT2D eigenvalue weighted by Crippen LogP contribution is -2.16. The highest BCUT2D eigenvalue weighted by Gasteiger charge is 2.18. The van der Waals surface area contributed by atoms with E-state index in [1.807, 2.05) is 79.1 Å². The fourth-order valence-corrected chi connectivity index (χ4v) is 3.95. The van der Waals surface area contributed by atoms with Crippen LogP contribution in [-0.4, -0.2) is 26.4 Å². The van der Waals surface area contributed by atoms with Gasteiger partial charge in [-0.2, -0.15) is 0 Å². The first kappa shape index (κ1) is 20.0. The van der Waals surface area contributed by atoms with Gasteiger partial charge in [-0.1, -0.05) is 60.3 Å². The number of para-hydroxylation sites is 1. The number of aryl methyl sites for hydroxylation is 2. The molecule has 0 saturated heterocycles. The van der Waals surface area contributed by atoms with Crippen LogP contribution in [0.25, 0.3) is 11.6 Å². The molecular weight excluding hydrogens is 396 g/mol. The highest BCUT2D eigenvalue weighted by Crippen LogP contribution is 2.26. The molecule has 0 fully saturated rings. The molecule has 0 aliphatic heterocycles. The van der Waals surface area contributed by atoms with E-state index in [0.29, 0.717) is 23.3 Å². The molecule has 4 rings (SSSR count). The van der Waals surface area contributed by atoms with Gasteiger partial charge in [0, 0.05) is 5.69 Å². The summed E-state index contributed by atoms with van der Waals surface area (Å²) >= 11 is 1.36. The number of hydrogen-bond acceptors (Lipinski definition) is 5. The van der Waals surface area contributed by atoms with Crippen LogP contribution < -0.4 is 5.32 Å². The maximum atomic E-state index is 12.6. The number of carbonyl (C=O) groups excluding carboxylic acids is 1. The third-order valence-electron chi connectivity index (χ3n) is 4.72. The van der Waals surface area contributed by atoms with Gasteiger partial charge in [0.2, 0.25) is 11.7 Å². The Morgan fingerprint density at radius 1 is 1.00 bits per heavy atom. The van der Waals surface area contributed by atoms with Gasteiger partial charge in [0.1, 0.15) is 0 Å². The number of amides is 1. The molecule has 0 spiro atoms. The fraction of sp³-hybridized carbons (Fsp3) is 0.174. The molecule has 30 heavy (non-hydrogen) atoms. The van der Waals surface area contributed by atoms with E-state index in [2.05, 4.69) is 15.5 Å². The van der Waals surface area contributed by atoms with Crippen molar-refractivity contribution in [2.45, 2.75) is 25.5 Å². The van der Waals surface area contributed by atoms with Crippen molar-refractivity contribution >= 4 is 23.4 Å². The van der Waals surface area contributed by atoms with Crippen molar-refractivity contribution in [3.05, 3.63) is 83.6 Å². The zero-order chi connectivity index (χ0) is 20.9. The quantitative estimate of drug-likeness (QED) is 0.431. The van der Waals surface area contributed by atoms with Gasteiger partial charge < -0.3 is 9.73 Å². The average molecular weight is 419 g/mol. The van der Waals surface area contributed by atoms with Gasteiger partial charge in [0.25, 0.3) is 0 Å². The van der Waals surface area contributed by atoms with Gasteiger partial charge in [0.05, 0.1) is 18.6 Å². The van der Waals surface area contributed by atoms with Crippen LogP contribution in [-0.2, 0) is 11.3 Å². The Hall–Kier alpha value is -3.32. The molecule has 2 aromatic heterocycles. The molecule has 0 unspecified atom stereocenters. The molecular formula is C23H22N4O2S. The molecule has 7 heteroatoms. The molecule has 0 aliphatic rings. The van der Waals surface area contributed by atoms with E-state index >= 15 is 0 Å². The van der Waals surface area contributed by atoms with Crippen LogP contribution in [0.15, 0.2) is 76.5 Å². The Bertz CT molecular complexity index is 1120. The predicted octanol–water partition coefficient (Wildman–Crippen LogP) is 4.93. The molecule has 1 N–H and O–H groups in total. The maximum absolute atomic E-state index is 12.6. The Kier molecular flexibility index (Phi) is 5.99. The van der Waals surface area contributed by atoms with Crippen LogP contribution in [0.3, 0.4) is 0 Å². The minimum atomic E-state index is -0.0776. The van der Waals surface area contributed by atoms with Gasteiger partial charge in [-0.05, 0) is 42.7 Å². The second kappa shape index (κ2) is 9.00. The zero-order valence-corrected chi connectivity index (χ0v) is 17.6. The lowest BCUT2D eigenvalue weighted by molar-refractivity contribution is -0.113. The third kappa shape index (κ3) is 4.46. The predicted molar refractivity (Wildman–Crippen MR) is 119 cm³/mol. The Morgan fingerprint density at radius 2 is 1.77 bits per heavy atom. The van der Waals surface area contributed by atoms with E-state index < -0.39 is 0 Å². The van der Waals surface area contributed by atoms with Crippen molar-refractivity contribution in [1.29, 1.82) is 0 Å². The van der Waals surface area contributed by atoms with Crippen LogP contribution in [0.1, 0.15) is 16.7 Å². The molecule has 0 atom stereocenters. The minimum Gasteiger partial charge on any atom is -0.461 e. The number of nitrogens with one attached hydrogen (secondary N) is 1. The lowest BCUT2D eigenvalue weighted by Gasteiger charge is -2.12. The number of rotatable bonds is 7. The van der Waals surface area contributed by atoms with Gasteiger partial charge in [-0.15, -0.1) is 10.2 Å². The molecule has 6 nitrogen and oxygen atoms in total. The van der Waals surface area contributed by atoms with Crippen LogP contribution in [0.4, 0.5) is 5.69 Å². The molecule has 0 bridgehead atoms. The number of hydrogen-bond donors (Lipinski definition) is 1. The molecule has 2 aromatic carbocycles. The number of thioether (sulfide) groups is 1. The van der Waals surface area contributed by atoms with Crippen molar-refractivity contribution in [2.24, 2.45) is 0 Å². The first-order valence-electron chi connectivity index (χ1n) is 9.61. The topological polar surface area (TPSA) is 73.0 Å². The fourth-order valence-electron chi connectivity index (χ4n) is 3.21. The van der Waals surface area contributed by atoms with E-state index in [9.17, 15) is 4.79 Å². The second-order valence-corrected chi connectivity index (χ2v) is 7.90. The van der Waals surface area contributed by atoms with E-state index in [0.717, 1.165) is 22.4 Å². The molecule has 0 radical (unpaired) electrons. The number of benzene rings is 2. The smallest absolute Gasteiger partial charge is 0.234 e. The summed E-state index contributed by atoms with van der Waals surface area (Å²) in [5.41, 5.74) is 4.07. The summed E-state index contributed by atoms with van der Waals surface area (Å²) in [6, 6.07) is 19.7. The van der Waals surface area contributed by atoms with Gasteiger partial charge >= 0.3 is 0 Å². The average Bonchev–Trinajstić information content (AvgIpc) is 3.40. The monoisotopic (exact) mass is 418 g/mol. The van der Waals surface area contributed by atoms with Crippen molar-refractivity contribution in [1.82, 2.24) is 14.8 Å². The number of anilines is 1. The standard InChI is InChI=1S/C23H22N4O2S/c1-16-8-6-9-17(2)21(16)24-20(28)15-30-23-26-25-22(19-12-7-13-29-19)27(23)14-18-10-4-3-5-11-18/h3-13H,14-15H2,1-2H3,(H,24,28). The Labute approximate surface area is 179 Å². The van der Waals surface area contributed by atoms with Crippen LogP contribution in [0, 0.1) is 13.8 Å². The van der Waals surface area contributed by atoms with E-state index in [-0.39, 0.29) is 11.7 Å². The van der Waals surface area contributed by atoms with Crippen molar-refractivity contribution in [3.8, 4) is 11.6 Å². The first-order valence-corrected chi connectivity index (χ1v) is 10.6. The van der Waals surface area contributed by atoms with Crippen molar-refractivity contribution < 1.29 is 9.21 Å². The highest BCUT2D eigenvalue weighted by atomic mass is 32.2. The van der Waals surface area contributed by atoms with Crippen molar-refractivity contribution in [3.63, 3.8) is 0 Å². The van der Waals surface area contributed by atoms with E-state index in [1.165, 1.54) is 11.8 Å². The van der Waals surface area contributed by atoms with Crippen molar-refractivity contribution in [2.75, 3.05) is 11.1 Å². The zero-order valence-electron chi connectivity index (χ0n) is 16.8. The lowest BCUT2D eigenvalue weighted by atomic mass is 10.1. The number of nitrogens with zero attached hydrogens (tertiary/aromatic N) is 3. The minimum absolute atomic E-state index is 0.0776. The molecule has 2 heterocycles. The molecule has 1 amide bonds. The maximum Gasteiger partial charge on any atom is 0.234 e. The SMILES string of the molecule is Cc1cccc(C)c1NC(=O)CSc1nnc(-c2ccco2)n1Cc1ccccc1. The first-order chi connectivity index (χ1) is 14.6. The summed E-state index contributed by atoms with van der Waals surface area (Å²) in [5.74, 6) is 1.44. The second-order valence-electron chi connectivity index (χ2n) is 6.96. The van der Waals surface area contributed by atoms with E-state index in [1.54, 1.807) is 6.26 Å². The largest absolute Gasteiger partial charge is 0.461 e. The number of aromatic nitrogens is 3. The normalized spacial score (nSPS) is 10.9. The summed E-state index contributed by atoms with van der Waals surface area (Å²) in [4.78, 5) is 12.6.